The van der Waals surface area contributed by atoms with Crippen molar-refractivity contribution < 1.29 is 14.6 Å². The topological polar surface area (TPSA) is 49.8 Å². The Bertz CT molecular complexity index is 375. The molecule has 0 bridgehead atoms. The molecule has 0 aromatic heterocycles. The molecule has 0 heterocycles. The van der Waals surface area contributed by atoms with Crippen molar-refractivity contribution in [1.82, 2.24) is 0 Å². The molecule has 0 amide bonds. The van der Waals surface area contributed by atoms with Crippen LogP contribution in [0.4, 0.5) is 5.69 Å². The molecule has 4 heteroatoms. The number of nitrogens with zero attached hydrogens (tertiary/aromatic N) is 1. The van der Waals surface area contributed by atoms with E-state index < -0.39 is 0 Å². The number of benzene rings is 1. The maximum atomic E-state index is 11.1. The first-order valence-corrected chi connectivity index (χ1v) is 6.79. The monoisotopic (exact) mass is 265 g/mol. The Hall–Kier alpha value is -1.71. The molecule has 0 unspecified atom stereocenters. The number of carbonyl (C=O) groups is 1. The molecule has 0 atom stereocenters. The first-order chi connectivity index (χ1) is 9.13. The first kappa shape index (κ1) is 15.3. The van der Waals surface area contributed by atoms with Gasteiger partial charge in [-0.3, -0.25) is 4.79 Å². The lowest BCUT2D eigenvalue weighted by atomic mass is 10.2. The summed E-state index contributed by atoms with van der Waals surface area (Å²) in [6.07, 6.45) is 3.44. The van der Waals surface area contributed by atoms with Crippen molar-refractivity contribution in [2.75, 3.05) is 25.1 Å². The number of phenolic OH excluding ortho intramolecular Hbond substituents is 1. The number of hydrogen-bond donors (Lipinski definition) is 1. The largest absolute Gasteiger partial charge is 0.508 e. The minimum Gasteiger partial charge on any atom is -0.508 e. The number of esters is 1. The van der Waals surface area contributed by atoms with Crippen LogP contribution in [-0.2, 0) is 9.53 Å². The summed E-state index contributed by atoms with van der Waals surface area (Å²) in [4.78, 5) is 13.3. The molecule has 1 aromatic carbocycles. The molecule has 0 spiro atoms. The fourth-order valence-corrected chi connectivity index (χ4v) is 1.86. The zero-order valence-corrected chi connectivity index (χ0v) is 11.8. The molecular formula is C15H23NO3. The minimum atomic E-state index is -0.102. The van der Waals surface area contributed by atoms with Gasteiger partial charge in [-0.15, -0.1) is 0 Å². The quantitative estimate of drug-likeness (QED) is 0.580. The molecule has 0 radical (unpaired) electrons. The van der Waals surface area contributed by atoms with Gasteiger partial charge < -0.3 is 14.7 Å². The summed E-state index contributed by atoms with van der Waals surface area (Å²) >= 11 is 0. The minimum absolute atomic E-state index is 0.102. The van der Waals surface area contributed by atoms with E-state index in [0.29, 0.717) is 13.0 Å². The van der Waals surface area contributed by atoms with E-state index in [1.807, 2.05) is 26.1 Å². The summed E-state index contributed by atoms with van der Waals surface area (Å²) in [5, 5.41) is 9.22. The fourth-order valence-electron chi connectivity index (χ4n) is 1.86. The van der Waals surface area contributed by atoms with Crippen LogP contribution in [-0.4, -0.2) is 31.3 Å². The summed E-state index contributed by atoms with van der Waals surface area (Å²) in [5.41, 5.74) is 1.09. The average molecular weight is 265 g/mol. The molecule has 1 aromatic rings. The highest BCUT2D eigenvalue weighted by molar-refractivity contribution is 5.69. The van der Waals surface area contributed by atoms with Gasteiger partial charge in [-0.2, -0.15) is 0 Å². The van der Waals surface area contributed by atoms with Crippen LogP contribution in [0.5, 0.6) is 5.75 Å². The van der Waals surface area contributed by atoms with Gasteiger partial charge in [-0.25, -0.2) is 0 Å². The number of hydrogen-bond acceptors (Lipinski definition) is 4. The van der Waals surface area contributed by atoms with Crippen molar-refractivity contribution in [3.63, 3.8) is 0 Å². The smallest absolute Gasteiger partial charge is 0.305 e. The van der Waals surface area contributed by atoms with Crippen LogP contribution < -0.4 is 4.90 Å². The zero-order valence-electron chi connectivity index (χ0n) is 11.8. The Labute approximate surface area is 115 Å². The van der Waals surface area contributed by atoms with Crippen molar-refractivity contribution in [3.8, 4) is 5.75 Å². The van der Waals surface area contributed by atoms with E-state index in [1.165, 1.54) is 0 Å². The van der Waals surface area contributed by atoms with Gasteiger partial charge in [-0.1, -0.05) is 6.42 Å². The van der Waals surface area contributed by atoms with E-state index >= 15 is 0 Å². The second-order valence-electron chi connectivity index (χ2n) is 4.55. The van der Waals surface area contributed by atoms with E-state index in [1.54, 1.807) is 12.1 Å². The number of rotatable bonds is 8. The summed E-state index contributed by atoms with van der Waals surface area (Å²) < 4.78 is 4.88. The van der Waals surface area contributed by atoms with Gasteiger partial charge in [0.05, 0.1) is 6.61 Å². The number of ether oxygens (including phenoxy) is 1. The molecule has 19 heavy (non-hydrogen) atoms. The van der Waals surface area contributed by atoms with Crippen LogP contribution in [0.1, 0.15) is 32.6 Å². The third-order valence-corrected chi connectivity index (χ3v) is 2.97. The summed E-state index contributed by atoms with van der Waals surface area (Å²) in [5.74, 6) is 0.181. The number of aromatic hydroxyl groups is 1. The van der Waals surface area contributed by atoms with Crippen LogP contribution in [0.15, 0.2) is 24.3 Å². The summed E-state index contributed by atoms with van der Waals surface area (Å²) in [6, 6.07) is 7.17. The van der Waals surface area contributed by atoms with E-state index in [4.69, 9.17) is 4.74 Å². The van der Waals surface area contributed by atoms with Crippen molar-refractivity contribution in [2.24, 2.45) is 0 Å². The standard InChI is InChI=1S/C15H23NO3/c1-3-19-15(18)7-5-4-6-12-16(2)13-8-10-14(17)11-9-13/h8-11,17H,3-7,12H2,1-2H3. The van der Waals surface area contributed by atoms with Crippen molar-refractivity contribution in [2.45, 2.75) is 32.6 Å². The SMILES string of the molecule is CCOC(=O)CCCCCN(C)c1ccc(O)cc1. The normalized spacial score (nSPS) is 10.2. The summed E-state index contributed by atoms with van der Waals surface area (Å²) in [7, 11) is 2.03. The molecule has 1 rings (SSSR count). The van der Waals surface area contributed by atoms with E-state index in [0.717, 1.165) is 31.5 Å². The van der Waals surface area contributed by atoms with Crippen LogP contribution in [0, 0.1) is 0 Å². The number of carbonyl (C=O) groups excluding carboxylic acids is 1. The Balaban J connectivity index is 2.15. The number of unbranched alkanes of at least 4 members (excludes halogenated alkanes) is 2. The number of phenols is 1. The Morgan fingerprint density at radius 1 is 1.21 bits per heavy atom. The molecule has 0 aliphatic carbocycles. The van der Waals surface area contributed by atoms with Crippen LogP contribution >= 0.6 is 0 Å². The van der Waals surface area contributed by atoms with Gasteiger partial charge in [0.1, 0.15) is 5.75 Å². The predicted molar refractivity (Wildman–Crippen MR) is 76.5 cm³/mol. The number of anilines is 1. The third kappa shape index (κ3) is 6.13. The lowest BCUT2D eigenvalue weighted by molar-refractivity contribution is -0.143. The molecule has 4 nitrogen and oxygen atoms in total. The maximum absolute atomic E-state index is 11.1. The van der Waals surface area contributed by atoms with Gasteiger partial charge in [0.15, 0.2) is 0 Å². The van der Waals surface area contributed by atoms with E-state index in [9.17, 15) is 9.90 Å². The van der Waals surface area contributed by atoms with Crippen molar-refractivity contribution in [3.05, 3.63) is 24.3 Å². The molecule has 0 aliphatic heterocycles. The molecule has 0 saturated heterocycles. The molecular weight excluding hydrogens is 242 g/mol. The third-order valence-electron chi connectivity index (χ3n) is 2.97. The van der Waals surface area contributed by atoms with Crippen molar-refractivity contribution in [1.29, 1.82) is 0 Å². The van der Waals surface area contributed by atoms with Gasteiger partial charge >= 0.3 is 5.97 Å². The lowest BCUT2D eigenvalue weighted by Gasteiger charge is -2.19. The molecule has 1 N–H and O–H groups in total. The Morgan fingerprint density at radius 2 is 1.89 bits per heavy atom. The van der Waals surface area contributed by atoms with Gasteiger partial charge in [0, 0.05) is 25.7 Å². The first-order valence-electron chi connectivity index (χ1n) is 6.79. The maximum Gasteiger partial charge on any atom is 0.305 e. The van der Waals surface area contributed by atoms with Gasteiger partial charge in [-0.05, 0) is 44.0 Å². The molecule has 0 saturated carbocycles. The average Bonchev–Trinajstić information content (AvgIpc) is 2.39. The zero-order chi connectivity index (χ0) is 14.1. The predicted octanol–water partition coefficient (Wildman–Crippen LogP) is 2.95. The second-order valence-corrected chi connectivity index (χ2v) is 4.55. The van der Waals surface area contributed by atoms with E-state index in [2.05, 4.69) is 4.90 Å². The molecule has 106 valence electrons. The molecule has 0 fully saturated rings. The molecule has 0 aliphatic rings. The highest BCUT2D eigenvalue weighted by atomic mass is 16.5. The summed E-state index contributed by atoms with van der Waals surface area (Å²) in [6.45, 7) is 3.22. The highest BCUT2D eigenvalue weighted by Crippen LogP contribution is 2.17. The van der Waals surface area contributed by atoms with Crippen LogP contribution in [0.3, 0.4) is 0 Å². The van der Waals surface area contributed by atoms with Gasteiger partial charge in [0.2, 0.25) is 0 Å². The highest BCUT2D eigenvalue weighted by Gasteiger charge is 2.03. The van der Waals surface area contributed by atoms with Gasteiger partial charge in [0.25, 0.3) is 0 Å². The second kappa shape index (κ2) is 8.40. The fraction of sp³-hybridized carbons (Fsp3) is 0.533. The van der Waals surface area contributed by atoms with E-state index in [-0.39, 0.29) is 11.7 Å². The Morgan fingerprint density at radius 3 is 2.53 bits per heavy atom. The Kier molecular flexibility index (Phi) is 6.79. The van der Waals surface area contributed by atoms with Crippen LogP contribution in [0.25, 0.3) is 0 Å². The lowest BCUT2D eigenvalue weighted by Crippen LogP contribution is -2.18. The van der Waals surface area contributed by atoms with Crippen molar-refractivity contribution >= 4 is 11.7 Å². The van der Waals surface area contributed by atoms with Crippen LogP contribution in [0.2, 0.25) is 0 Å².